The van der Waals surface area contributed by atoms with Gasteiger partial charge in [0.25, 0.3) is 5.91 Å². The molecule has 1 aromatic carbocycles. The van der Waals surface area contributed by atoms with Gasteiger partial charge in [0, 0.05) is 18.0 Å². The van der Waals surface area contributed by atoms with Gasteiger partial charge in [-0.1, -0.05) is 40.7 Å². The van der Waals surface area contributed by atoms with Gasteiger partial charge >= 0.3 is 0 Å². The number of halogens is 1. The van der Waals surface area contributed by atoms with Crippen LogP contribution in [0.3, 0.4) is 0 Å². The number of thiophene rings is 1. The minimum Gasteiger partial charge on any atom is -0.344 e. The fourth-order valence-electron chi connectivity index (χ4n) is 2.93. The molecule has 8 heteroatoms. The lowest BCUT2D eigenvalue weighted by atomic mass is 9.85. The van der Waals surface area contributed by atoms with Gasteiger partial charge in [-0.3, -0.25) is 4.79 Å². The van der Waals surface area contributed by atoms with E-state index in [9.17, 15) is 17.6 Å². The minimum atomic E-state index is -3.79. The zero-order valence-corrected chi connectivity index (χ0v) is 18.5. The summed E-state index contributed by atoms with van der Waals surface area (Å²) in [6.45, 7) is 9.99. The summed E-state index contributed by atoms with van der Waals surface area (Å²) < 4.78 is 41.1. The van der Waals surface area contributed by atoms with Crippen LogP contribution in [0, 0.1) is 11.2 Å². The van der Waals surface area contributed by atoms with Gasteiger partial charge in [0.15, 0.2) is 0 Å². The predicted octanol–water partition coefficient (Wildman–Crippen LogP) is 4.43. The number of hydrogen-bond donors (Lipinski definition) is 1. The smallest absolute Gasteiger partial charge is 0.254 e. The lowest BCUT2D eigenvalue weighted by Crippen LogP contribution is -2.36. The molecule has 2 rings (SSSR count). The quantitative estimate of drug-likeness (QED) is 0.712. The van der Waals surface area contributed by atoms with Gasteiger partial charge in [-0.2, -0.15) is 4.31 Å². The first kappa shape index (κ1) is 22.5. The maximum Gasteiger partial charge on any atom is 0.254 e. The fourth-order valence-corrected chi connectivity index (χ4v) is 5.43. The van der Waals surface area contributed by atoms with Crippen LogP contribution in [0.15, 0.2) is 40.6 Å². The van der Waals surface area contributed by atoms with Crippen molar-refractivity contribution in [3.05, 3.63) is 52.0 Å². The molecular formula is C20H27FN2O3S2. The third kappa shape index (κ3) is 4.79. The number of amides is 1. The van der Waals surface area contributed by atoms with Crippen LogP contribution in [0.2, 0.25) is 0 Å². The summed E-state index contributed by atoms with van der Waals surface area (Å²) >= 11 is 1.51. The van der Waals surface area contributed by atoms with E-state index in [-0.39, 0.29) is 21.9 Å². The molecule has 0 radical (unpaired) electrons. The first-order valence-corrected chi connectivity index (χ1v) is 11.5. The number of hydrogen-bond acceptors (Lipinski definition) is 4. The maximum absolute atomic E-state index is 14.4. The number of carbonyl (C=O) groups is 1. The summed E-state index contributed by atoms with van der Waals surface area (Å²) in [6.07, 6.45) is 0. The lowest BCUT2D eigenvalue weighted by Gasteiger charge is -2.31. The summed E-state index contributed by atoms with van der Waals surface area (Å²) in [5.41, 5.74) is -0.582. The Balaban J connectivity index is 2.40. The molecule has 1 amide bonds. The molecule has 0 aliphatic heterocycles. The van der Waals surface area contributed by atoms with E-state index < -0.39 is 21.7 Å². The van der Waals surface area contributed by atoms with Crippen molar-refractivity contribution in [3.8, 4) is 0 Å². The van der Waals surface area contributed by atoms with Crippen molar-refractivity contribution in [3.63, 3.8) is 0 Å². The van der Waals surface area contributed by atoms with Crippen molar-refractivity contribution < 1.29 is 17.6 Å². The van der Waals surface area contributed by atoms with Crippen molar-refractivity contribution in [1.82, 2.24) is 9.62 Å². The summed E-state index contributed by atoms with van der Waals surface area (Å²) in [5.74, 6) is -1.39. The minimum absolute atomic E-state index is 0.0915. The van der Waals surface area contributed by atoms with E-state index in [2.05, 4.69) is 5.32 Å². The van der Waals surface area contributed by atoms with Crippen molar-refractivity contribution >= 4 is 27.3 Å². The summed E-state index contributed by atoms with van der Waals surface area (Å²) in [5, 5.41) is 4.79. The topological polar surface area (TPSA) is 66.5 Å². The van der Waals surface area contributed by atoms with Gasteiger partial charge in [-0.05, 0) is 35.1 Å². The predicted molar refractivity (Wildman–Crippen MR) is 110 cm³/mol. The Labute approximate surface area is 170 Å². The second kappa shape index (κ2) is 8.71. The third-order valence-electron chi connectivity index (χ3n) is 4.49. The number of nitrogens with zero attached hydrogens (tertiary/aromatic N) is 1. The summed E-state index contributed by atoms with van der Waals surface area (Å²) in [6, 6.07) is 6.82. The summed E-state index contributed by atoms with van der Waals surface area (Å²) in [4.78, 5) is 13.7. The molecule has 0 fully saturated rings. The van der Waals surface area contributed by atoms with Gasteiger partial charge in [0.05, 0.1) is 16.5 Å². The molecule has 0 spiro atoms. The molecule has 0 aliphatic carbocycles. The Bertz CT molecular complexity index is 915. The highest BCUT2D eigenvalue weighted by molar-refractivity contribution is 7.89. The van der Waals surface area contributed by atoms with Crippen LogP contribution < -0.4 is 5.32 Å². The largest absolute Gasteiger partial charge is 0.344 e. The van der Waals surface area contributed by atoms with E-state index in [1.807, 2.05) is 38.3 Å². The molecule has 5 nitrogen and oxygen atoms in total. The van der Waals surface area contributed by atoms with Gasteiger partial charge in [0.2, 0.25) is 10.0 Å². The van der Waals surface area contributed by atoms with Crippen LogP contribution in [0.25, 0.3) is 0 Å². The zero-order valence-electron chi connectivity index (χ0n) is 16.8. The average Bonchev–Trinajstić information content (AvgIpc) is 3.13. The van der Waals surface area contributed by atoms with Crippen LogP contribution in [-0.2, 0) is 10.0 Å². The first-order valence-electron chi connectivity index (χ1n) is 9.16. The van der Waals surface area contributed by atoms with Crippen LogP contribution in [0.1, 0.15) is 55.9 Å². The lowest BCUT2D eigenvalue weighted by molar-refractivity contribution is 0.0899. The van der Waals surface area contributed by atoms with E-state index in [4.69, 9.17) is 0 Å². The Morgan fingerprint density at radius 1 is 1.21 bits per heavy atom. The maximum atomic E-state index is 14.4. The van der Waals surface area contributed by atoms with Crippen molar-refractivity contribution in [2.45, 2.75) is 45.6 Å². The Morgan fingerprint density at radius 3 is 2.36 bits per heavy atom. The second-order valence-electron chi connectivity index (χ2n) is 7.52. The van der Waals surface area contributed by atoms with E-state index in [1.54, 1.807) is 13.8 Å². The molecule has 1 unspecified atom stereocenters. The van der Waals surface area contributed by atoms with Crippen LogP contribution in [0.5, 0.6) is 0 Å². The second-order valence-corrected chi connectivity index (χ2v) is 10.4. The van der Waals surface area contributed by atoms with Crippen LogP contribution >= 0.6 is 11.3 Å². The SMILES string of the molecule is CCN(CC)S(=O)(=O)c1ccc(F)c(C(=O)NC(c2cccs2)C(C)(C)C)c1. The highest BCUT2D eigenvalue weighted by Gasteiger charge is 2.30. The van der Waals surface area contributed by atoms with Crippen molar-refractivity contribution in [1.29, 1.82) is 0 Å². The molecular weight excluding hydrogens is 399 g/mol. The average molecular weight is 427 g/mol. The Kier molecular flexibility index (Phi) is 7.01. The highest BCUT2D eigenvalue weighted by Crippen LogP contribution is 2.35. The molecule has 2 aromatic rings. The van der Waals surface area contributed by atoms with Gasteiger partial charge in [0.1, 0.15) is 5.82 Å². The number of sulfonamides is 1. The number of carbonyl (C=O) groups excluding carboxylic acids is 1. The molecule has 1 N–H and O–H groups in total. The molecule has 28 heavy (non-hydrogen) atoms. The number of benzene rings is 1. The molecule has 0 saturated heterocycles. The Hall–Kier alpha value is -1.77. The zero-order chi connectivity index (χ0) is 21.1. The van der Waals surface area contributed by atoms with Crippen molar-refractivity contribution in [2.75, 3.05) is 13.1 Å². The normalized spacial score (nSPS) is 13.5. The fraction of sp³-hybridized carbons (Fsp3) is 0.450. The third-order valence-corrected chi connectivity index (χ3v) is 7.48. The molecule has 0 aliphatic rings. The highest BCUT2D eigenvalue weighted by atomic mass is 32.2. The molecule has 1 aromatic heterocycles. The van der Waals surface area contributed by atoms with Crippen LogP contribution in [-0.4, -0.2) is 31.7 Å². The van der Waals surface area contributed by atoms with E-state index in [0.717, 1.165) is 17.0 Å². The van der Waals surface area contributed by atoms with Gasteiger partial charge in [-0.15, -0.1) is 11.3 Å². The summed E-state index contributed by atoms with van der Waals surface area (Å²) in [7, 11) is -3.79. The molecule has 154 valence electrons. The van der Waals surface area contributed by atoms with E-state index >= 15 is 0 Å². The van der Waals surface area contributed by atoms with E-state index in [1.165, 1.54) is 21.7 Å². The number of rotatable bonds is 7. The van der Waals surface area contributed by atoms with Crippen molar-refractivity contribution in [2.24, 2.45) is 5.41 Å². The molecule has 0 saturated carbocycles. The standard InChI is InChI=1S/C20H27FN2O3S2/c1-6-23(7-2)28(25,26)14-10-11-16(21)15(13-14)19(24)22-18(20(3,4)5)17-9-8-12-27-17/h8-13,18H,6-7H2,1-5H3,(H,22,24). The Morgan fingerprint density at radius 2 is 1.86 bits per heavy atom. The molecule has 1 heterocycles. The number of nitrogens with one attached hydrogen (secondary N) is 1. The van der Waals surface area contributed by atoms with Gasteiger partial charge < -0.3 is 5.32 Å². The molecule has 1 atom stereocenters. The van der Waals surface area contributed by atoms with E-state index in [0.29, 0.717) is 13.1 Å². The van der Waals surface area contributed by atoms with Gasteiger partial charge in [-0.25, -0.2) is 12.8 Å². The van der Waals surface area contributed by atoms with Crippen LogP contribution in [0.4, 0.5) is 4.39 Å². The molecule has 0 bridgehead atoms. The monoisotopic (exact) mass is 426 g/mol. The first-order chi connectivity index (χ1) is 13.0.